The molecule has 7 heteroatoms. The number of anilines is 1. The third-order valence-corrected chi connectivity index (χ3v) is 5.62. The molecule has 3 unspecified atom stereocenters. The zero-order valence-electron chi connectivity index (χ0n) is 16.3. The molecule has 0 aliphatic carbocycles. The molecule has 2 aliphatic rings. The molecule has 0 aromatic heterocycles. The molecule has 2 heterocycles. The Morgan fingerprint density at radius 2 is 2.10 bits per heavy atom. The second kappa shape index (κ2) is 7.40. The van der Waals surface area contributed by atoms with Crippen LogP contribution in [0.2, 0.25) is 0 Å². The summed E-state index contributed by atoms with van der Waals surface area (Å²) in [6.45, 7) is 5.62. The Hall–Kier alpha value is -3.06. The van der Waals surface area contributed by atoms with Crippen LogP contribution in [0.4, 0.5) is 5.69 Å². The van der Waals surface area contributed by atoms with E-state index in [0.29, 0.717) is 16.6 Å². The Labute approximate surface area is 175 Å². The molecule has 1 N–H and O–H groups in total. The average Bonchev–Trinajstić information content (AvgIpc) is 2.72. The number of thiocarbonyl (C=S) groups is 1. The van der Waals surface area contributed by atoms with Crippen molar-refractivity contribution in [2.24, 2.45) is 5.92 Å². The molecule has 0 saturated carbocycles. The predicted octanol–water partition coefficient (Wildman–Crippen LogP) is 3.59. The monoisotopic (exact) mass is 410 g/mol. The summed E-state index contributed by atoms with van der Waals surface area (Å²) in [5.41, 5.74) is 0.552. The summed E-state index contributed by atoms with van der Waals surface area (Å²) in [4.78, 5) is 15.0. The summed E-state index contributed by atoms with van der Waals surface area (Å²) in [6, 6.07) is 14.7. The normalized spacial score (nSPS) is 24.6. The highest BCUT2D eigenvalue weighted by molar-refractivity contribution is 7.80. The van der Waals surface area contributed by atoms with E-state index < -0.39 is 17.7 Å². The third-order valence-electron chi connectivity index (χ3n) is 5.32. The van der Waals surface area contributed by atoms with Gasteiger partial charge in [-0.05, 0) is 49.5 Å². The van der Waals surface area contributed by atoms with E-state index in [9.17, 15) is 4.79 Å². The molecule has 2 aromatic rings. The molecule has 2 aliphatic heterocycles. The SMILES string of the molecule is C=CCOC(=O)C1C2NC(=S)N(c3ccccc3)C1(C)Oc1ccc(OC)cc12. The molecule has 1 fully saturated rings. The van der Waals surface area contributed by atoms with Gasteiger partial charge in [0, 0.05) is 11.3 Å². The minimum absolute atomic E-state index is 0.124. The van der Waals surface area contributed by atoms with Gasteiger partial charge in [0.2, 0.25) is 5.72 Å². The van der Waals surface area contributed by atoms with E-state index >= 15 is 0 Å². The van der Waals surface area contributed by atoms with Gasteiger partial charge in [-0.2, -0.15) is 0 Å². The lowest BCUT2D eigenvalue weighted by Gasteiger charge is -2.55. The van der Waals surface area contributed by atoms with E-state index in [-0.39, 0.29) is 12.6 Å². The molecular formula is C22H22N2O4S. The maximum atomic E-state index is 13.1. The van der Waals surface area contributed by atoms with Gasteiger partial charge in [-0.15, -0.1) is 0 Å². The second-order valence-corrected chi connectivity index (χ2v) is 7.44. The number of fused-ring (bicyclic) bond motifs is 4. The van der Waals surface area contributed by atoms with Crippen molar-refractivity contribution in [2.45, 2.75) is 18.7 Å². The first kappa shape index (κ1) is 19.3. The summed E-state index contributed by atoms with van der Waals surface area (Å²) in [5, 5.41) is 3.81. The highest BCUT2D eigenvalue weighted by atomic mass is 32.1. The van der Waals surface area contributed by atoms with Crippen molar-refractivity contribution in [1.29, 1.82) is 0 Å². The van der Waals surface area contributed by atoms with Gasteiger partial charge in [0.25, 0.3) is 0 Å². The summed E-state index contributed by atoms with van der Waals surface area (Å²) in [7, 11) is 1.60. The molecule has 0 spiro atoms. The van der Waals surface area contributed by atoms with Crippen LogP contribution < -0.4 is 19.7 Å². The largest absolute Gasteiger partial charge is 0.497 e. The summed E-state index contributed by atoms with van der Waals surface area (Å²) in [6.07, 6.45) is 1.55. The molecule has 6 nitrogen and oxygen atoms in total. The zero-order valence-corrected chi connectivity index (χ0v) is 17.1. The summed E-state index contributed by atoms with van der Waals surface area (Å²) >= 11 is 5.69. The van der Waals surface area contributed by atoms with Crippen molar-refractivity contribution >= 4 is 29.0 Å². The number of rotatable bonds is 5. The van der Waals surface area contributed by atoms with E-state index in [0.717, 1.165) is 11.3 Å². The van der Waals surface area contributed by atoms with Crippen molar-refractivity contribution in [3.05, 3.63) is 66.7 Å². The lowest BCUT2D eigenvalue weighted by Crippen LogP contribution is -2.71. The fraction of sp³-hybridized carbons (Fsp3) is 0.273. The van der Waals surface area contributed by atoms with Crippen molar-refractivity contribution in [1.82, 2.24) is 5.32 Å². The van der Waals surface area contributed by atoms with E-state index in [1.807, 2.05) is 60.4 Å². The Balaban J connectivity index is 1.87. The van der Waals surface area contributed by atoms with E-state index in [2.05, 4.69) is 11.9 Å². The van der Waals surface area contributed by atoms with Crippen LogP contribution in [0.25, 0.3) is 0 Å². The summed E-state index contributed by atoms with van der Waals surface area (Å²) < 4.78 is 17.3. The van der Waals surface area contributed by atoms with Crippen molar-refractivity contribution in [2.75, 3.05) is 18.6 Å². The van der Waals surface area contributed by atoms with Crippen LogP contribution >= 0.6 is 12.2 Å². The molecule has 2 aromatic carbocycles. The molecule has 1 saturated heterocycles. The van der Waals surface area contributed by atoms with Crippen LogP contribution in [0.3, 0.4) is 0 Å². The maximum Gasteiger partial charge on any atom is 0.317 e. The van der Waals surface area contributed by atoms with Gasteiger partial charge in [0.1, 0.15) is 24.0 Å². The fourth-order valence-corrected chi connectivity index (χ4v) is 4.46. The molecule has 3 atom stereocenters. The summed E-state index contributed by atoms with van der Waals surface area (Å²) in [5.74, 6) is 0.283. The van der Waals surface area contributed by atoms with Gasteiger partial charge in [0.15, 0.2) is 5.11 Å². The van der Waals surface area contributed by atoms with Crippen molar-refractivity contribution in [3.8, 4) is 11.5 Å². The molecule has 150 valence electrons. The fourth-order valence-electron chi connectivity index (χ4n) is 4.05. The van der Waals surface area contributed by atoms with Gasteiger partial charge in [-0.1, -0.05) is 30.9 Å². The first-order valence-electron chi connectivity index (χ1n) is 9.30. The van der Waals surface area contributed by atoms with Crippen LogP contribution in [0.1, 0.15) is 18.5 Å². The van der Waals surface area contributed by atoms with E-state index in [1.54, 1.807) is 13.2 Å². The lowest BCUT2D eigenvalue weighted by atomic mass is 9.79. The zero-order chi connectivity index (χ0) is 20.6. The highest BCUT2D eigenvalue weighted by Crippen LogP contribution is 2.50. The maximum absolute atomic E-state index is 13.1. The van der Waals surface area contributed by atoms with E-state index in [1.165, 1.54) is 0 Å². The predicted molar refractivity (Wildman–Crippen MR) is 114 cm³/mol. The topological polar surface area (TPSA) is 60.0 Å². The smallest absolute Gasteiger partial charge is 0.317 e. The van der Waals surface area contributed by atoms with Crippen molar-refractivity contribution < 1.29 is 19.0 Å². The Kier molecular flexibility index (Phi) is 4.92. The minimum Gasteiger partial charge on any atom is -0.497 e. The van der Waals surface area contributed by atoms with E-state index in [4.69, 9.17) is 26.4 Å². The lowest BCUT2D eigenvalue weighted by molar-refractivity contribution is -0.159. The van der Waals surface area contributed by atoms with Crippen LogP contribution in [0.5, 0.6) is 11.5 Å². The number of carbonyl (C=O) groups is 1. The Bertz CT molecular complexity index is 965. The number of ether oxygens (including phenoxy) is 3. The number of hydrogen-bond donors (Lipinski definition) is 1. The first-order valence-corrected chi connectivity index (χ1v) is 9.70. The quantitative estimate of drug-likeness (QED) is 0.459. The highest BCUT2D eigenvalue weighted by Gasteiger charge is 2.59. The molecule has 0 amide bonds. The van der Waals surface area contributed by atoms with Crippen LogP contribution in [-0.4, -0.2) is 30.5 Å². The number of benzene rings is 2. The third kappa shape index (κ3) is 3.11. The van der Waals surface area contributed by atoms with Gasteiger partial charge < -0.3 is 19.5 Å². The van der Waals surface area contributed by atoms with Gasteiger partial charge in [-0.3, -0.25) is 9.69 Å². The number of methoxy groups -OCH3 is 1. The Morgan fingerprint density at radius 3 is 2.79 bits per heavy atom. The molecule has 0 radical (unpaired) electrons. The number of para-hydroxylation sites is 1. The molecule has 4 rings (SSSR count). The average molecular weight is 410 g/mol. The number of esters is 1. The number of nitrogens with zero attached hydrogens (tertiary/aromatic N) is 1. The number of hydrogen-bond acceptors (Lipinski definition) is 5. The van der Waals surface area contributed by atoms with Crippen LogP contribution in [0.15, 0.2) is 61.2 Å². The van der Waals surface area contributed by atoms with Gasteiger partial charge in [-0.25, -0.2) is 0 Å². The van der Waals surface area contributed by atoms with Crippen LogP contribution in [0, 0.1) is 5.92 Å². The van der Waals surface area contributed by atoms with Gasteiger partial charge >= 0.3 is 5.97 Å². The molecular weight excluding hydrogens is 388 g/mol. The van der Waals surface area contributed by atoms with Crippen molar-refractivity contribution in [3.63, 3.8) is 0 Å². The van der Waals surface area contributed by atoms with Gasteiger partial charge in [0.05, 0.1) is 13.2 Å². The Morgan fingerprint density at radius 1 is 1.34 bits per heavy atom. The molecule has 29 heavy (non-hydrogen) atoms. The standard InChI is InChI=1S/C22H22N2O4S/c1-4-12-27-20(25)18-19-16-13-15(26-3)10-11-17(16)28-22(18,2)24(21(29)23-19)14-8-6-5-7-9-14/h4-11,13,18-19H,1,12H2,2-3H3,(H,23,29). The van der Waals surface area contributed by atoms with Crippen LogP contribution in [-0.2, 0) is 9.53 Å². The minimum atomic E-state index is -1.08. The number of nitrogens with one attached hydrogen (secondary N) is 1. The second-order valence-electron chi connectivity index (χ2n) is 7.05. The molecule has 2 bridgehead atoms. The number of carbonyl (C=O) groups excluding carboxylic acids is 1. The first-order chi connectivity index (χ1) is 14.0.